The number of carbonyl (C=O) groups is 1. The van der Waals surface area contributed by atoms with Crippen molar-refractivity contribution in [2.24, 2.45) is 5.92 Å². The first-order valence-corrected chi connectivity index (χ1v) is 9.23. The predicted octanol–water partition coefficient (Wildman–Crippen LogP) is 3.82. The molecule has 0 radical (unpaired) electrons. The smallest absolute Gasteiger partial charge is 0.223 e. The molecule has 23 heavy (non-hydrogen) atoms. The normalized spacial score (nSPS) is 16.7. The zero-order valence-electron chi connectivity index (χ0n) is 14.1. The van der Waals surface area contributed by atoms with E-state index in [0.29, 0.717) is 0 Å². The van der Waals surface area contributed by atoms with Crippen LogP contribution in [0.4, 0.5) is 5.13 Å². The van der Waals surface area contributed by atoms with E-state index >= 15 is 0 Å². The van der Waals surface area contributed by atoms with Gasteiger partial charge in [0.15, 0.2) is 5.13 Å². The largest absolute Gasteiger partial charge is 0.351 e. The summed E-state index contributed by atoms with van der Waals surface area (Å²) < 4.78 is 1.23. The number of fused-ring (bicyclic) bond motifs is 1. The Kier molecular flexibility index (Phi) is 4.57. The van der Waals surface area contributed by atoms with Crippen LogP contribution in [0.3, 0.4) is 0 Å². The number of nitrogens with zero attached hydrogens (tertiary/aromatic N) is 2. The number of thiazole rings is 1. The van der Waals surface area contributed by atoms with E-state index in [1.165, 1.54) is 4.70 Å². The number of aromatic nitrogens is 1. The van der Waals surface area contributed by atoms with Crippen molar-refractivity contribution >= 4 is 32.6 Å². The van der Waals surface area contributed by atoms with Gasteiger partial charge in [-0.2, -0.15) is 0 Å². The molecular weight excluding hydrogens is 306 g/mol. The number of amides is 1. The fourth-order valence-electron chi connectivity index (χ4n) is 2.85. The average Bonchev–Trinajstić information content (AvgIpc) is 2.98. The minimum absolute atomic E-state index is 0.110. The molecule has 124 valence electrons. The molecule has 1 aliphatic rings. The fraction of sp³-hybridized carbons (Fsp3) is 0.556. The summed E-state index contributed by atoms with van der Waals surface area (Å²) in [6, 6.07) is 8.25. The third-order valence-electron chi connectivity index (χ3n) is 4.76. The van der Waals surface area contributed by atoms with Crippen molar-refractivity contribution in [1.29, 1.82) is 0 Å². The molecule has 0 aliphatic carbocycles. The first kappa shape index (κ1) is 16.2. The molecule has 1 N–H and O–H groups in total. The van der Waals surface area contributed by atoms with E-state index in [0.717, 1.165) is 43.0 Å². The second-order valence-corrected chi connectivity index (χ2v) is 7.96. The number of hydrogen-bond acceptors (Lipinski definition) is 4. The quantitative estimate of drug-likeness (QED) is 0.926. The van der Waals surface area contributed by atoms with Crippen molar-refractivity contribution in [1.82, 2.24) is 10.3 Å². The Morgan fingerprint density at radius 1 is 1.35 bits per heavy atom. The van der Waals surface area contributed by atoms with Gasteiger partial charge in [-0.15, -0.1) is 0 Å². The monoisotopic (exact) mass is 331 g/mol. The number of carbonyl (C=O) groups excluding carboxylic acids is 1. The van der Waals surface area contributed by atoms with Gasteiger partial charge in [-0.1, -0.05) is 30.4 Å². The molecule has 4 nitrogen and oxygen atoms in total. The minimum atomic E-state index is -0.110. The highest BCUT2D eigenvalue weighted by Crippen LogP contribution is 2.31. The lowest BCUT2D eigenvalue weighted by Crippen LogP contribution is -2.48. The van der Waals surface area contributed by atoms with Crippen molar-refractivity contribution in [3.63, 3.8) is 0 Å². The number of para-hydroxylation sites is 1. The summed E-state index contributed by atoms with van der Waals surface area (Å²) in [5.41, 5.74) is 0.957. The molecule has 2 heterocycles. The standard InChI is InChI=1S/C18H25N3OS/c1-4-18(2,3)20-16(22)13-9-11-21(12-10-13)17-19-14-7-5-6-8-15(14)23-17/h5-8,13H,4,9-12H2,1-3H3,(H,20,22). The number of benzene rings is 1. The second-order valence-electron chi connectivity index (χ2n) is 6.95. The summed E-state index contributed by atoms with van der Waals surface area (Å²) in [6.07, 6.45) is 2.76. The van der Waals surface area contributed by atoms with Crippen molar-refractivity contribution in [2.75, 3.05) is 18.0 Å². The summed E-state index contributed by atoms with van der Waals surface area (Å²) in [4.78, 5) is 19.5. The van der Waals surface area contributed by atoms with Gasteiger partial charge in [0.05, 0.1) is 10.2 Å². The number of nitrogens with one attached hydrogen (secondary N) is 1. The first-order chi connectivity index (χ1) is 11.0. The first-order valence-electron chi connectivity index (χ1n) is 8.41. The highest BCUT2D eigenvalue weighted by atomic mass is 32.1. The molecule has 2 aromatic rings. The van der Waals surface area contributed by atoms with Crippen molar-refractivity contribution in [3.8, 4) is 0 Å². The predicted molar refractivity (Wildman–Crippen MR) is 97.1 cm³/mol. The van der Waals surface area contributed by atoms with Gasteiger partial charge in [-0.25, -0.2) is 4.98 Å². The van der Waals surface area contributed by atoms with E-state index in [9.17, 15) is 4.79 Å². The Morgan fingerprint density at radius 2 is 2.04 bits per heavy atom. The maximum atomic E-state index is 12.4. The minimum Gasteiger partial charge on any atom is -0.351 e. The van der Waals surface area contributed by atoms with Crippen molar-refractivity contribution < 1.29 is 4.79 Å². The highest BCUT2D eigenvalue weighted by molar-refractivity contribution is 7.22. The Morgan fingerprint density at radius 3 is 2.70 bits per heavy atom. The molecule has 1 fully saturated rings. The van der Waals surface area contributed by atoms with Gasteiger partial charge >= 0.3 is 0 Å². The molecule has 0 bridgehead atoms. The zero-order valence-corrected chi connectivity index (χ0v) is 14.9. The maximum Gasteiger partial charge on any atom is 0.223 e. The number of hydrogen-bond donors (Lipinski definition) is 1. The molecule has 1 aromatic heterocycles. The van der Waals surface area contributed by atoms with E-state index in [1.54, 1.807) is 11.3 Å². The van der Waals surface area contributed by atoms with E-state index < -0.39 is 0 Å². The lowest BCUT2D eigenvalue weighted by Gasteiger charge is -2.33. The Balaban J connectivity index is 1.61. The zero-order chi connectivity index (χ0) is 16.4. The summed E-state index contributed by atoms with van der Waals surface area (Å²) in [6.45, 7) is 8.09. The molecule has 0 atom stereocenters. The van der Waals surface area contributed by atoms with Crippen LogP contribution >= 0.6 is 11.3 Å². The van der Waals surface area contributed by atoms with Crippen LogP contribution in [-0.4, -0.2) is 29.5 Å². The summed E-state index contributed by atoms with van der Waals surface area (Å²) >= 11 is 1.74. The Labute approximate surface area is 141 Å². The van der Waals surface area contributed by atoms with E-state index in [-0.39, 0.29) is 17.4 Å². The van der Waals surface area contributed by atoms with E-state index in [1.807, 2.05) is 6.07 Å². The SMILES string of the molecule is CCC(C)(C)NC(=O)C1CCN(c2nc3ccccc3s2)CC1. The van der Waals surface area contributed by atoms with Crippen molar-refractivity contribution in [3.05, 3.63) is 24.3 Å². The van der Waals surface area contributed by atoms with Crippen LogP contribution in [0.15, 0.2) is 24.3 Å². The average molecular weight is 331 g/mol. The summed E-state index contributed by atoms with van der Waals surface area (Å²) in [7, 11) is 0. The Bertz CT molecular complexity index is 653. The number of anilines is 1. The molecular formula is C18H25N3OS. The molecule has 0 spiro atoms. The number of piperidine rings is 1. The second kappa shape index (κ2) is 6.48. The van der Waals surface area contributed by atoms with E-state index in [2.05, 4.69) is 49.2 Å². The Hall–Kier alpha value is -1.62. The summed E-state index contributed by atoms with van der Waals surface area (Å²) in [5, 5.41) is 4.26. The van der Waals surface area contributed by atoms with Crippen LogP contribution in [0.1, 0.15) is 40.0 Å². The van der Waals surface area contributed by atoms with Crippen LogP contribution in [0.25, 0.3) is 10.2 Å². The fourth-order valence-corrected chi connectivity index (χ4v) is 3.87. The van der Waals surface area contributed by atoms with Gasteiger partial charge in [0.25, 0.3) is 0 Å². The lowest BCUT2D eigenvalue weighted by molar-refractivity contribution is -0.127. The number of rotatable bonds is 4. The third kappa shape index (κ3) is 3.66. The van der Waals surface area contributed by atoms with Gasteiger partial charge in [0.1, 0.15) is 0 Å². The van der Waals surface area contributed by atoms with Crippen LogP contribution in [0, 0.1) is 5.92 Å². The molecule has 1 amide bonds. The molecule has 1 aromatic carbocycles. The molecule has 0 saturated carbocycles. The molecule has 1 saturated heterocycles. The van der Waals surface area contributed by atoms with Crippen LogP contribution in [0.5, 0.6) is 0 Å². The van der Waals surface area contributed by atoms with Gasteiger partial charge in [-0.05, 0) is 45.2 Å². The van der Waals surface area contributed by atoms with Crippen LogP contribution < -0.4 is 10.2 Å². The maximum absolute atomic E-state index is 12.4. The van der Waals surface area contributed by atoms with Crippen LogP contribution in [-0.2, 0) is 4.79 Å². The summed E-state index contributed by atoms with van der Waals surface area (Å²) in [5.74, 6) is 0.340. The molecule has 0 unspecified atom stereocenters. The highest BCUT2D eigenvalue weighted by Gasteiger charge is 2.29. The van der Waals surface area contributed by atoms with Gasteiger partial charge in [0.2, 0.25) is 5.91 Å². The van der Waals surface area contributed by atoms with Gasteiger partial charge in [0, 0.05) is 24.5 Å². The molecule has 3 rings (SSSR count). The molecule has 5 heteroatoms. The van der Waals surface area contributed by atoms with Gasteiger partial charge < -0.3 is 10.2 Å². The van der Waals surface area contributed by atoms with E-state index in [4.69, 9.17) is 4.98 Å². The topological polar surface area (TPSA) is 45.2 Å². The van der Waals surface area contributed by atoms with Crippen LogP contribution in [0.2, 0.25) is 0 Å². The molecule has 1 aliphatic heterocycles. The third-order valence-corrected chi connectivity index (χ3v) is 5.86. The van der Waals surface area contributed by atoms with Crippen molar-refractivity contribution in [2.45, 2.75) is 45.6 Å². The van der Waals surface area contributed by atoms with Gasteiger partial charge in [-0.3, -0.25) is 4.79 Å². The lowest BCUT2D eigenvalue weighted by atomic mass is 9.93.